The smallest absolute Gasteiger partial charge is 0.123 e. The molecule has 0 spiro atoms. The lowest BCUT2D eigenvalue weighted by Crippen LogP contribution is -2.24. The van der Waals surface area contributed by atoms with Gasteiger partial charge in [-0.25, -0.2) is 0 Å². The second kappa shape index (κ2) is 8.21. The summed E-state index contributed by atoms with van der Waals surface area (Å²) >= 11 is 0. The van der Waals surface area contributed by atoms with E-state index in [4.69, 9.17) is 4.74 Å². The second-order valence-corrected chi connectivity index (χ2v) is 5.50. The topological polar surface area (TPSA) is 21.3 Å². The van der Waals surface area contributed by atoms with Crippen LogP contribution in [0.15, 0.2) is 18.2 Å². The fourth-order valence-electron chi connectivity index (χ4n) is 2.33. The van der Waals surface area contributed by atoms with Crippen LogP contribution in [-0.2, 0) is 0 Å². The van der Waals surface area contributed by atoms with Crippen LogP contribution < -0.4 is 10.1 Å². The molecule has 2 atom stereocenters. The molecule has 0 amide bonds. The molecule has 108 valence electrons. The van der Waals surface area contributed by atoms with Gasteiger partial charge in [0, 0.05) is 11.6 Å². The van der Waals surface area contributed by atoms with Crippen LogP contribution in [0, 0.1) is 12.8 Å². The molecular formula is C17H29NO. The third kappa shape index (κ3) is 4.87. The average Bonchev–Trinajstić information content (AvgIpc) is 2.43. The lowest BCUT2D eigenvalue weighted by Gasteiger charge is -2.24. The van der Waals surface area contributed by atoms with Crippen molar-refractivity contribution in [3.8, 4) is 5.75 Å². The average molecular weight is 263 g/mol. The maximum atomic E-state index is 5.54. The summed E-state index contributed by atoms with van der Waals surface area (Å²) in [5.74, 6) is 1.72. The zero-order valence-corrected chi connectivity index (χ0v) is 13.1. The minimum atomic E-state index is 0.393. The van der Waals surface area contributed by atoms with E-state index >= 15 is 0 Å². The molecule has 1 aromatic carbocycles. The third-order valence-electron chi connectivity index (χ3n) is 3.74. The van der Waals surface area contributed by atoms with Crippen molar-refractivity contribution in [2.45, 2.75) is 53.0 Å². The molecule has 0 aliphatic heterocycles. The molecule has 19 heavy (non-hydrogen) atoms. The molecule has 0 aliphatic carbocycles. The van der Waals surface area contributed by atoms with E-state index in [1.807, 2.05) is 0 Å². The predicted octanol–water partition coefficient (Wildman–Crippen LogP) is 4.48. The highest BCUT2D eigenvalue weighted by atomic mass is 16.5. The number of nitrogens with one attached hydrogen (secondary N) is 1. The Balaban J connectivity index is 2.97. The molecule has 2 heteroatoms. The van der Waals surface area contributed by atoms with Crippen molar-refractivity contribution >= 4 is 0 Å². The zero-order chi connectivity index (χ0) is 14.3. The van der Waals surface area contributed by atoms with Crippen molar-refractivity contribution in [3.05, 3.63) is 29.3 Å². The van der Waals surface area contributed by atoms with Crippen LogP contribution in [0.2, 0.25) is 0 Å². The Morgan fingerprint density at radius 3 is 2.58 bits per heavy atom. The van der Waals surface area contributed by atoms with Gasteiger partial charge in [0.2, 0.25) is 0 Å². The molecule has 0 aromatic heterocycles. The van der Waals surface area contributed by atoms with E-state index in [2.05, 4.69) is 51.2 Å². The predicted molar refractivity (Wildman–Crippen MR) is 82.8 cm³/mol. The standard InChI is InChI=1S/C17H29NO/c1-6-10-18-16(12-13(3)7-2)15-11-14(4)8-9-17(15)19-5/h8-9,11,13,16,18H,6-7,10,12H2,1-5H3. The Kier molecular flexibility index (Phi) is 6.93. The summed E-state index contributed by atoms with van der Waals surface area (Å²) in [6, 6.07) is 6.85. The maximum Gasteiger partial charge on any atom is 0.123 e. The van der Waals surface area contributed by atoms with Crippen molar-refractivity contribution < 1.29 is 4.74 Å². The van der Waals surface area contributed by atoms with Crippen LogP contribution in [0.5, 0.6) is 5.75 Å². The van der Waals surface area contributed by atoms with Gasteiger partial charge in [0.15, 0.2) is 0 Å². The molecule has 1 N–H and O–H groups in total. The molecule has 0 heterocycles. The molecular weight excluding hydrogens is 234 g/mol. The lowest BCUT2D eigenvalue weighted by molar-refractivity contribution is 0.370. The normalized spacial score (nSPS) is 14.2. The Labute approximate surface area is 118 Å². The SMILES string of the molecule is CCCNC(CC(C)CC)c1cc(C)ccc1OC. The zero-order valence-electron chi connectivity index (χ0n) is 13.1. The van der Waals surface area contributed by atoms with Gasteiger partial charge in [-0.2, -0.15) is 0 Å². The van der Waals surface area contributed by atoms with Crippen LogP contribution in [-0.4, -0.2) is 13.7 Å². The van der Waals surface area contributed by atoms with Crippen LogP contribution >= 0.6 is 0 Å². The summed E-state index contributed by atoms with van der Waals surface area (Å²) in [6.45, 7) is 9.99. The summed E-state index contributed by atoms with van der Waals surface area (Å²) in [5.41, 5.74) is 2.60. The highest BCUT2D eigenvalue weighted by Crippen LogP contribution is 2.31. The van der Waals surface area contributed by atoms with E-state index in [9.17, 15) is 0 Å². The Hall–Kier alpha value is -1.02. The Bertz CT molecular complexity index is 376. The summed E-state index contributed by atoms with van der Waals surface area (Å²) in [6.07, 6.45) is 3.54. The molecule has 0 bridgehead atoms. The van der Waals surface area contributed by atoms with E-state index in [0.717, 1.165) is 31.1 Å². The third-order valence-corrected chi connectivity index (χ3v) is 3.74. The van der Waals surface area contributed by atoms with Crippen LogP contribution in [0.25, 0.3) is 0 Å². The van der Waals surface area contributed by atoms with E-state index in [0.29, 0.717) is 6.04 Å². The number of methoxy groups -OCH3 is 1. The molecule has 0 saturated carbocycles. The molecule has 2 unspecified atom stereocenters. The number of ether oxygens (including phenoxy) is 1. The number of hydrogen-bond donors (Lipinski definition) is 1. The number of aryl methyl sites for hydroxylation is 1. The largest absolute Gasteiger partial charge is 0.496 e. The molecule has 0 saturated heterocycles. The van der Waals surface area contributed by atoms with Crippen molar-refractivity contribution in [2.75, 3.05) is 13.7 Å². The number of hydrogen-bond acceptors (Lipinski definition) is 2. The van der Waals surface area contributed by atoms with Gasteiger partial charge >= 0.3 is 0 Å². The van der Waals surface area contributed by atoms with Crippen molar-refractivity contribution in [1.82, 2.24) is 5.32 Å². The molecule has 1 rings (SSSR count). The molecule has 1 aromatic rings. The van der Waals surface area contributed by atoms with Crippen LogP contribution in [0.4, 0.5) is 0 Å². The van der Waals surface area contributed by atoms with Crippen LogP contribution in [0.1, 0.15) is 57.2 Å². The van der Waals surface area contributed by atoms with Crippen molar-refractivity contribution in [2.24, 2.45) is 5.92 Å². The first-order valence-corrected chi connectivity index (χ1v) is 7.50. The van der Waals surface area contributed by atoms with E-state index in [1.54, 1.807) is 7.11 Å². The van der Waals surface area contributed by atoms with Gasteiger partial charge in [-0.1, -0.05) is 44.9 Å². The monoisotopic (exact) mass is 263 g/mol. The first kappa shape index (κ1) is 16.0. The first-order valence-electron chi connectivity index (χ1n) is 7.50. The van der Waals surface area contributed by atoms with E-state index < -0.39 is 0 Å². The fourth-order valence-corrected chi connectivity index (χ4v) is 2.33. The highest BCUT2D eigenvalue weighted by Gasteiger charge is 2.18. The first-order chi connectivity index (χ1) is 9.12. The van der Waals surface area contributed by atoms with E-state index in [-0.39, 0.29) is 0 Å². The van der Waals surface area contributed by atoms with Gasteiger partial charge in [0.25, 0.3) is 0 Å². The highest BCUT2D eigenvalue weighted by molar-refractivity contribution is 5.39. The summed E-state index contributed by atoms with van der Waals surface area (Å²) in [5, 5.41) is 3.67. The van der Waals surface area contributed by atoms with Gasteiger partial charge in [0.1, 0.15) is 5.75 Å². The minimum Gasteiger partial charge on any atom is -0.496 e. The van der Waals surface area contributed by atoms with Gasteiger partial charge in [-0.05, 0) is 38.3 Å². The molecule has 0 aliphatic rings. The lowest BCUT2D eigenvalue weighted by atomic mass is 9.92. The minimum absolute atomic E-state index is 0.393. The fraction of sp³-hybridized carbons (Fsp3) is 0.647. The van der Waals surface area contributed by atoms with E-state index in [1.165, 1.54) is 17.5 Å². The van der Waals surface area contributed by atoms with Gasteiger partial charge in [-0.3, -0.25) is 0 Å². The number of benzene rings is 1. The van der Waals surface area contributed by atoms with Crippen molar-refractivity contribution in [3.63, 3.8) is 0 Å². The van der Waals surface area contributed by atoms with Gasteiger partial charge < -0.3 is 10.1 Å². The Morgan fingerprint density at radius 1 is 1.26 bits per heavy atom. The molecule has 0 fully saturated rings. The summed E-state index contributed by atoms with van der Waals surface area (Å²) in [7, 11) is 1.76. The second-order valence-electron chi connectivity index (χ2n) is 5.50. The van der Waals surface area contributed by atoms with Gasteiger partial charge in [-0.15, -0.1) is 0 Å². The quantitative estimate of drug-likeness (QED) is 0.746. The van der Waals surface area contributed by atoms with Gasteiger partial charge in [0.05, 0.1) is 7.11 Å². The maximum absolute atomic E-state index is 5.54. The summed E-state index contributed by atoms with van der Waals surface area (Å²) < 4.78 is 5.54. The molecule has 0 radical (unpaired) electrons. The van der Waals surface area contributed by atoms with Crippen LogP contribution in [0.3, 0.4) is 0 Å². The molecule has 2 nitrogen and oxygen atoms in total. The summed E-state index contributed by atoms with van der Waals surface area (Å²) in [4.78, 5) is 0. The van der Waals surface area contributed by atoms with Crippen molar-refractivity contribution in [1.29, 1.82) is 0 Å². The Morgan fingerprint density at radius 2 is 2.00 bits per heavy atom. The number of rotatable bonds is 8.